The van der Waals surface area contributed by atoms with Crippen molar-refractivity contribution in [3.63, 3.8) is 0 Å². The Hall–Kier alpha value is -5.60. The quantitative estimate of drug-likeness (QED) is 0.174. The third kappa shape index (κ3) is 4.77. The van der Waals surface area contributed by atoms with Crippen molar-refractivity contribution >= 4 is 11.1 Å². The number of rotatable bonds is 5. The monoisotopic (exact) mass is 652 g/mol. The lowest BCUT2D eigenvalue weighted by Crippen LogP contribution is -2.33. The first-order valence-electron chi connectivity index (χ1n) is 17.2. The predicted molar refractivity (Wildman–Crippen MR) is 203 cm³/mol. The van der Waals surface area contributed by atoms with Crippen LogP contribution in [0.1, 0.15) is 61.1 Å². The normalized spacial score (nSPS) is 15.6. The molecule has 0 fully saturated rings. The number of fused-ring (bicyclic) bond motifs is 2. The maximum atomic E-state index is 14.5. The Morgan fingerprint density at radius 3 is 1.46 bits per heavy atom. The molecule has 2 heteroatoms. The zero-order valence-corrected chi connectivity index (χ0v) is 28.8. The Balaban J connectivity index is 1.60. The van der Waals surface area contributed by atoms with Crippen LogP contribution in [0.2, 0.25) is 0 Å². The summed E-state index contributed by atoms with van der Waals surface area (Å²) in [6.45, 7) is 9.07. The van der Waals surface area contributed by atoms with Crippen LogP contribution in [0, 0.1) is 17.0 Å². The lowest BCUT2D eigenvalue weighted by atomic mass is 9.62. The number of halogens is 2. The number of hydrogen-bond donors (Lipinski definition) is 0. The van der Waals surface area contributed by atoms with Crippen molar-refractivity contribution < 1.29 is 8.78 Å². The van der Waals surface area contributed by atoms with Crippen molar-refractivity contribution in [3.05, 3.63) is 225 Å². The Labute approximate surface area is 293 Å². The van der Waals surface area contributed by atoms with Crippen molar-refractivity contribution in [1.29, 1.82) is 0 Å². The van der Waals surface area contributed by atoms with Gasteiger partial charge in [-0.15, -0.1) is 0 Å². The summed E-state index contributed by atoms with van der Waals surface area (Å²) in [7, 11) is 0. The fourth-order valence-electron chi connectivity index (χ4n) is 8.81. The predicted octanol–water partition coefficient (Wildman–Crippen LogP) is 12.6. The third-order valence-electron chi connectivity index (χ3n) is 10.6. The Kier molecular flexibility index (Phi) is 7.64. The smallest absolute Gasteiger partial charge is 0.123 e. The maximum absolute atomic E-state index is 14.5. The molecule has 0 heterocycles. The third-order valence-corrected chi connectivity index (χ3v) is 10.6. The van der Waals surface area contributed by atoms with E-state index >= 15 is 0 Å². The van der Waals surface area contributed by atoms with Gasteiger partial charge >= 0.3 is 0 Å². The van der Waals surface area contributed by atoms with Gasteiger partial charge in [-0.2, -0.15) is 0 Å². The standard InChI is InChI=1S/C48H38F2/c1-31(2)44-46-43(45(47(44,3)4)42(33-20-25-38(49)26-21-33)34-22-27-39(50)28-23-34)40-29-24-35(32-14-8-5-9-15-32)30-41(40)48(46,36-16-10-6-11-17-36)37-18-12-7-13-19-37/h5-30H,1-4H3. The average molecular weight is 653 g/mol. The van der Waals surface area contributed by atoms with Gasteiger partial charge in [-0.1, -0.05) is 147 Å². The maximum Gasteiger partial charge on any atom is 0.123 e. The second-order valence-electron chi connectivity index (χ2n) is 14.1. The van der Waals surface area contributed by atoms with E-state index in [0.717, 1.165) is 33.4 Å². The molecule has 244 valence electrons. The highest BCUT2D eigenvalue weighted by atomic mass is 19.1. The van der Waals surface area contributed by atoms with E-state index in [9.17, 15) is 8.78 Å². The van der Waals surface area contributed by atoms with E-state index in [2.05, 4.69) is 137 Å². The van der Waals surface area contributed by atoms with Gasteiger partial charge in [0.05, 0.1) is 5.41 Å². The summed E-state index contributed by atoms with van der Waals surface area (Å²) in [6, 6.07) is 52.8. The van der Waals surface area contributed by atoms with Crippen molar-refractivity contribution in [2.45, 2.75) is 33.1 Å². The molecule has 0 saturated heterocycles. The second-order valence-corrected chi connectivity index (χ2v) is 14.1. The van der Waals surface area contributed by atoms with E-state index in [4.69, 9.17) is 0 Å². The number of benzene rings is 6. The van der Waals surface area contributed by atoms with Gasteiger partial charge < -0.3 is 0 Å². The van der Waals surface area contributed by atoms with Gasteiger partial charge in [-0.25, -0.2) is 8.78 Å². The molecule has 0 bridgehead atoms. The molecule has 0 N–H and O–H groups in total. The van der Waals surface area contributed by atoms with Crippen molar-refractivity contribution in [1.82, 2.24) is 0 Å². The van der Waals surface area contributed by atoms with Gasteiger partial charge in [0.25, 0.3) is 0 Å². The van der Waals surface area contributed by atoms with Crippen LogP contribution in [-0.4, -0.2) is 0 Å². The van der Waals surface area contributed by atoms with Gasteiger partial charge in [0.15, 0.2) is 0 Å². The largest absolute Gasteiger partial charge is 0.207 e. The van der Waals surface area contributed by atoms with Crippen LogP contribution in [0.4, 0.5) is 8.78 Å². The van der Waals surface area contributed by atoms with Gasteiger partial charge in [0.1, 0.15) is 11.6 Å². The molecule has 0 atom stereocenters. The van der Waals surface area contributed by atoms with Crippen LogP contribution in [-0.2, 0) is 5.41 Å². The summed E-state index contributed by atoms with van der Waals surface area (Å²) >= 11 is 0. The molecule has 0 aromatic heterocycles. The van der Waals surface area contributed by atoms with Crippen LogP contribution in [0.25, 0.3) is 22.3 Å². The second kappa shape index (κ2) is 12.1. The van der Waals surface area contributed by atoms with Crippen LogP contribution in [0.15, 0.2) is 180 Å². The van der Waals surface area contributed by atoms with E-state index < -0.39 is 10.8 Å². The molecule has 0 unspecified atom stereocenters. The first kappa shape index (κ1) is 31.7. The molecule has 0 amide bonds. The van der Waals surface area contributed by atoms with Gasteiger partial charge in [0, 0.05) is 5.41 Å². The highest BCUT2D eigenvalue weighted by molar-refractivity contribution is 6.07. The van der Waals surface area contributed by atoms with Gasteiger partial charge in [0.2, 0.25) is 0 Å². The van der Waals surface area contributed by atoms with E-state index in [1.165, 1.54) is 68.8 Å². The average Bonchev–Trinajstić information content (AvgIpc) is 3.55. The SMILES string of the molecule is CC(C)=C1C2=C(C(=C(c3ccc(F)cc3)c3ccc(F)cc3)C1(C)C)c1ccc(-c3ccccc3)cc1C2(c1ccccc1)c1ccccc1. The highest BCUT2D eigenvalue weighted by Crippen LogP contribution is 2.69. The molecule has 2 aliphatic carbocycles. The number of hydrogen-bond acceptors (Lipinski definition) is 0. The van der Waals surface area contributed by atoms with Crippen molar-refractivity contribution in [2.75, 3.05) is 0 Å². The summed E-state index contributed by atoms with van der Waals surface area (Å²) in [5.74, 6) is -0.584. The molecule has 0 aliphatic heterocycles. The minimum absolute atomic E-state index is 0.292. The minimum atomic E-state index is -0.639. The van der Waals surface area contributed by atoms with E-state index in [1.807, 2.05) is 24.3 Å². The van der Waals surface area contributed by atoms with Gasteiger partial charge in [-0.05, 0) is 117 Å². The zero-order valence-electron chi connectivity index (χ0n) is 28.8. The van der Waals surface area contributed by atoms with Crippen molar-refractivity contribution in [2.24, 2.45) is 5.41 Å². The van der Waals surface area contributed by atoms with Crippen LogP contribution >= 0.6 is 0 Å². The minimum Gasteiger partial charge on any atom is -0.207 e. The molecule has 8 rings (SSSR count). The zero-order chi connectivity index (χ0) is 34.6. The van der Waals surface area contributed by atoms with E-state index in [-0.39, 0.29) is 11.6 Å². The summed E-state index contributed by atoms with van der Waals surface area (Å²) in [6.07, 6.45) is 0. The molecule has 0 saturated carbocycles. The summed E-state index contributed by atoms with van der Waals surface area (Å²) in [4.78, 5) is 0. The van der Waals surface area contributed by atoms with Crippen molar-refractivity contribution in [3.8, 4) is 11.1 Å². The molecule has 6 aromatic carbocycles. The first-order chi connectivity index (χ1) is 24.2. The molecule has 0 radical (unpaired) electrons. The fraction of sp³-hybridized carbons (Fsp3) is 0.125. The lowest BCUT2D eigenvalue weighted by molar-refractivity contribution is 0.557. The summed E-state index contributed by atoms with van der Waals surface area (Å²) < 4.78 is 29.0. The van der Waals surface area contributed by atoms with E-state index in [0.29, 0.717) is 0 Å². The first-order valence-corrected chi connectivity index (χ1v) is 17.2. The molecule has 50 heavy (non-hydrogen) atoms. The molecular weight excluding hydrogens is 615 g/mol. The summed E-state index contributed by atoms with van der Waals surface area (Å²) in [5.41, 5.74) is 14.9. The highest BCUT2D eigenvalue weighted by Gasteiger charge is 2.57. The molecule has 6 aromatic rings. The van der Waals surface area contributed by atoms with Crippen LogP contribution in [0.3, 0.4) is 0 Å². The molecular formula is C48H38F2. The van der Waals surface area contributed by atoms with Crippen LogP contribution in [0.5, 0.6) is 0 Å². The Bertz CT molecular complexity index is 2230. The molecule has 0 spiro atoms. The topological polar surface area (TPSA) is 0 Å². The van der Waals surface area contributed by atoms with Gasteiger partial charge in [-0.3, -0.25) is 0 Å². The molecule has 2 aliphatic rings. The fourth-order valence-corrected chi connectivity index (χ4v) is 8.81. The van der Waals surface area contributed by atoms with E-state index in [1.54, 1.807) is 0 Å². The summed E-state index contributed by atoms with van der Waals surface area (Å²) in [5, 5.41) is 0. The van der Waals surface area contributed by atoms with Crippen LogP contribution < -0.4 is 0 Å². The lowest BCUT2D eigenvalue weighted by Gasteiger charge is -2.40. The number of allylic oxidation sites excluding steroid dienone is 5. The Morgan fingerprint density at radius 2 is 0.980 bits per heavy atom. The Morgan fingerprint density at radius 1 is 0.500 bits per heavy atom. The molecule has 0 nitrogen and oxygen atoms in total.